The van der Waals surface area contributed by atoms with Gasteiger partial charge in [-0.2, -0.15) is 4.98 Å². The Hall–Kier alpha value is -2.63. The summed E-state index contributed by atoms with van der Waals surface area (Å²) in [6.07, 6.45) is 11.5. The second-order valence-electron chi connectivity index (χ2n) is 10.3. The summed E-state index contributed by atoms with van der Waals surface area (Å²) >= 11 is 0. The fourth-order valence-electron chi connectivity index (χ4n) is 5.81. The minimum atomic E-state index is 0.115. The van der Waals surface area contributed by atoms with Crippen LogP contribution in [0, 0.1) is 5.92 Å². The molecule has 1 aromatic carbocycles. The zero-order valence-electron chi connectivity index (χ0n) is 20.1. The first-order valence-electron chi connectivity index (χ1n) is 12.8. The van der Waals surface area contributed by atoms with Gasteiger partial charge in [0.1, 0.15) is 5.82 Å². The summed E-state index contributed by atoms with van der Waals surface area (Å²) in [4.78, 5) is 24.8. The van der Waals surface area contributed by atoms with E-state index >= 15 is 0 Å². The highest BCUT2D eigenvalue weighted by Gasteiger charge is 2.29. The summed E-state index contributed by atoms with van der Waals surface area (Å²) in [5.41, 5.74) is 5.31. The lowest BCUT2D eigenvalue weighted by molar-refractivity contribution is -0.126. The standard InChI is InChI=1S/C27H37N5O/c1-32(2)25-23-9-5-6-10-24(23)30-27(31-25)29-22-15-13-21(14-16-22)28-26(33)20-12-11-18-7-3-4-8-19(18)17-20/h3-4,7-8,20-22H,5-6,9-17H2,1-2H3,(H,28,33)(H,29,30,31). The molecule has 1 amide bonds. The average molecular weight is 448 g/mol. The van der Waals surface area contributed by atoms with E-state index in [4.69, 9.17) is 9.97 Å². The summed E-state index contributed by atoms with van der Waals surface area (Å²) < 4.78 is 0. The minimum absolute atomic E-state index is 0.115. The molecule has 0 aliphatic heterocycles. The van der Waals surface area contributed by atoms with Crippen LogP contribution in [0.5, 0.6) is 0 Å². The third-order valence-corrected chi connectivity index (χ3v) is 7.71. The topological polar surface area (TPSA) is 70.2 Å². The third kappa shape index (κ3) is 4.99. The smallest absolute Gasteiger partial charge is 0.225 e. The quantitative estimate of drug-likeness (QED) is 0.723. The van der Waals surface area contributed by atoms with E-state index in [1.807, 2.05) is 0 Å². The molecule has 3 aliphatic carbocycles. The highest BCUT2D eigenvalue weighted by atomic mass is 16.1. The van der Waals surface area contributed by atoms with Crippen molar-refractivity contribution in [1.82, 2.24) is 15.3 Å². The van der Waals surface area contributed by atoms with Gasteiger partial charge in [0, 0.05) is 37.7 Å². The summed E-state index contributed by atoms with van der Waals surface area (Å²) in [7, 11) is 4.14. The molecule has 1 heterocycles. The van der Waals surface area contributed by atoms with Crippen molar-refractivity contribution in [2.24, 2.45) is 5.92 Å². The molecule has 1 aromatic heterocycles. The molecule has 1 unspecified atom stereocenters. The predicted molar refractivity (Wildman–Crippen MR) is 133 cm³/mol. The summed E-state index contributed by atoms with van der Waals surface area (Å²) in [6.45, 7) is 0. The number of nitrogens with zero attached hydrogens (tertiary/aromatic N) is 3. The number of carbonyl (C=O) groups is 1. The highest BCUT2D eigenvalue weighted by molar-refractivity contribution is 5.79. The first kappa shape index (κ1) is 22.2. The Labute approximate surface area is 197 Å². The highest BCUT2D eigenvalue weighted by Crippen LogP contribution is 2.30. The Morgan fingerprint density at radius 1 is 0.909 bits per heavy atom. The van der Waals surface area contributed by atoms with Gasteiger partial charge < -0.3 is 15.5 Å². The van der Waals surface area contributed by atoms with Crippen LogP contribution in [0.3, 0.4) is 0 Å². The minimum Gasteiger partial charge on any atom is -0.362 e. The lowest BCUT2D eigenvalue weighted by atomic mass is 9.83. The number of aromatic nitrogens is 2. The van der Waals surface area contributed by atoms with Gasteiger partial charge in [0.05, 0.1) is 5.69 Å². The molecule has 1 saturated carbocycles. The van der Waals surface area contributed by atoms with E-state index in [0.717, 1.165) is 69.6 Å². The van der Waals surface area contributed by atoms with Crippen molar-refractivity contribution in [3.63, 3.8) is 0 Å². The summed E-state index contributed by atoms with van der Waals surface area (Å²) in [6, 6.07) is 9.22. The average Bonchev–Trinajstić information content (AvgIpc) is 2.84. The van der Waals surface area contributed by atoms with Gasteiger partial charge in [-0.3, -0.25) is 4.79 Å². The van der Waals surface area contributed by atoms with E-state index in [-0.39, 0.29) is 17.9 Å². The van der Waals surface area contributed by atoms with Crippen LogP contribution in [0.4, 0.5) is 11.8 Å². The predicted octanol–water partition coefficient (Wildman–Crippen LogP) is 4.07. The first-order chi connectivity index (χ1) is 16.1. The number of aryl methyl sites for hydroxylation is 2. The number of benzene rings is 1. The third-order valence-electron chi connectivity index (χ3n) is 7.71. The normalized spacial score (nSPS) is 24.4. The van der Waals surface area contributed by atoms with Crippen LogP contribution in [-0.4, -0.2) is 42.1 Å². The molecule has 33 heavy (non-hydrogen) atoms. The Kier molecular flexibility index (Phi) is 6.52. The lowest BCUT2D eigenvalue weighted by Gasteiger charge is -2.32. The number of carbonyl (C=O) groups excluding carboxylic acids is 1. The van der Waals surface area contributed by atoms with E-state index in [0.29, 0.717) is 6.04 Å². The molecule has 0 radical (unpaired) electrons. The van der Waals surface area contributed by atoms with Crippen molar-refractivity contribution in [2.75, 3.05) is 24.3 Å². The SMILES string of the molecule is CN(C)c1nc(NC2CCC(NC(=O)C3CCc4ccccc4C3)CC2)nc2c1CCCC2. The maximum absolute atomic E-state index is 12.9. The van der Waals surface area contributed by atoms with E-state index in [1.54, 1.807) is 0 Å². The number of anilines is 2. The van der Waals surface area contributed by atoms with Crippen LogP contribution in [0.25, 0.3) is 0 Å². The van der Waals surface area contributed by atoms with Gasteiger partial charge in [0.2, 0.25) is 11.9 Å². The Balaban J connectivity index is 1.14. The molecule has 1 fully saturated rings. The first-order valence-corrected chi connectivity index (χ1v) is 12.8. The van der Waals surface area contributed by atoms with Crippen molar-refractivity contribution in [2.45, 2.75) is 82.7 Å². The molecule has 3 aliphatic rings. The van der Waals surface area contributed by atoms with E-state index in [9.17, 15) is 4.79 Å². The fraction of sp³-hybridized carbons (Fsp3) is 0.593. The van der Waals surface area contributed by atoms with Crippen molar-refractivity contribution < 1.29 is 4.79 Å². The van der Waals surface area contributed by atoms with Crippen LogP contribution in [0.1, 0.15) is 67.3 Å². The molecule has 176 valence electrons. The van der Waals surface area contributed by atoms with Crippen LogP contribution in [-0.2, 0) is 30.5 Å². The van der Waals surface area contributed by atoms with Gasteiger partial charge in [-0.15, -0.1) is 0 Å². The summed E-state index contributed by atoms with van der Waals surface area (Å²) in [5, 5.41) is 6.98. The monoisotopic (exact) mass is 447 g/mol. The number of amides is 1. The number of hydrogen-bond donors (Lipinski definition) is 2. The molecule has 2 N–H and O–H groups in total. The van der Waals surface area contributed by atoms with Crippen LogP contribution < -0.4 is 15.5 Å². The Morgan fingerprint density at radius 3 is 2.42 bits per heavy atom. The molecule has 0 bridgehead atoms. The molecular weight excluding hydrogens is 410 g/mol. The molecule has 6 nitrogen and oxygen atoms in total. The Morgan fingerprint density at radius 2 is 1.64 bits per heavy atom. The van der Waals surface area contributed by atoms with Gasteiger partial charge in [-0.25, -0.2) is 4.98 Å². The van der Waals surface area contributed by atoms with Gasteiger partial charge >= 0.3 is 0 Å². The van der Waals surface area contributed by atoms with Crippen LogP contribution in [0.15, 0.2) is 24.3 Å². The fourth-order valence-corrected chi connectivity index (χ4v) is 5.81. The maximum Gasteiger partial charge on any atom is 0.225 e. The van der Waals surface area contributed by atoms with Crippen LogP contribution >= 0.6 is 0 Å². The Bertz CT molecular complexity index is 996. The van der Waals surface area contributed by atoms with Crippen molar-refractivity contribution >= 4 is 17.7 Å². The largest absolute Gasteiger partial charge is 0.362 e. The summed E-state index contributed by atoms with van der Waals surface area (Å²) in [5.74, 6) is 2.20. The van der Waals surface area contributed by atoms with Crippen molar-refractivity contribution in [1.29, 1.82) is 0 Å². The molecule has 2 aromatic rings. The van der Waals surface area contributed by atoms with Gasteiger partial charge in [0.15, 0.2) is 0 Å². The van der Waals surface area contributed by atoms with E-state index < -0.39 is 0 Å². The zero-order valence-corrected chi connectivity index (χ0v) is 20.1. The molecule has 0 spiro atoms. The van der Waals surface area contributed by atoms with Crippen LogP contribution in [0.2, 0.25) is 0 Å². The zero-order chi connectivity index (χ0) is 22.8. The molecule has 5 rings (SSSR count). The van der Waals surface area contributed by atoms with Gasteiger partial charge in [0.25, 0.3) is 0 Å². The molecule has 0 saturated heterocycles. The van der Waals surface area contributed by atoms with Gasteiger partial charge in [-0.05, 0) is 81.8 Å². The van der Waals surface area contributed by atoms with Gasteiger partial charge in [-0.1, -0.05) is 24.3 Å². The number of rotatable bonds is 5. The number of nitrogens with one attached hydrogen (secondary N) is 2. The van der Waals surface area contributed by atoms with Crippen molar-refractivity contribution in [3.8, 4) is 0 Å². The maximum atomic E-state index is 12.9. The van der Waals surface area contributed by atoms with E-state index in [1.165, 1.54) is 35.2 Å². The molecule has 6 heteroatoms. The second kappa shape index (κ2) is 9.70. The lowest BCUT2D eigenvalue weighted by Crippen LogP contribution is -2.43. The molecular formula is C27H37N5O. The second-order valence-corrected chi connectivity index (χ2v) is 10.3. The molecule has 1 atom stereocenters. The number of hydrogen-bond acceptors (Lipinski definition) is 5. The van der Waals surface area contributed by atoms with Crippen molar-refractivity contribution in [3.05, 3.63) is 46.6 Å². The number of fused-ring (bicyclic) bond motifs is 2. The van der Waals surface area contributed by atoms with E-state index in [2.05, 4.69) is 53.9 Å².